The molecule has 2 nitrogen and oxygen atoms in total. The van der Waals surface area contributed by atoms with E-state index in [9.17, 15) is 0 Å². The summed E-state index contributed by atoms with van der Waals surface area (Å²) in [5.74, 6) is 0. The summed E-state index contributed by atoms with van der Waals surface area (Å²) in [6.07, 6.45) is 10.2. The van der Waals surface area contributed by atoms with Gasteiger partial charge >= 0.3 is 0 Å². The average Bonchev–Trinajstić information content (AvgIpc) is 3.08. The lowest BCUT2D eigenvalue weighted by Crippen LogP contribution is -2.54. The Morgan fingerprint density at radius 1 is 1.00 bits per heavy atom. The van der Waals surface area contributed by atoms with Gasteiger partial charge in [-0.3, -0.25) is 4.90 Å². The van der Waals surface area contributed by atoms with Gasteiger partial charge < -0.3 is 5.32 Å². The molecule has 2 heteroatoms. The summed E-state index contributed by atoms with van der Waals surface area (Å²) < 4.78 is 0. The standard InChI is InChI=1S/C15H28N2/c1-14(2)10-16-11-15(8-9-15)12-17(14)13-6-4-3-5-7-13/h13,16H,3-12H2,1-2H3. The van der Waals surface area contributed by atoms with Gasteiger partial charge in [0.2, 0.25) is 0 Å². The van der Waals surface area contributed by atoms with Crippen LogP contribution in [0.25, 0.3) is 0 Å². The summed E-state index contributed by atoms with van der Waals surface area (Å²) in [5.41, 5.74) is 1.01. The molecule has 0 unspecified atom stereocenters. The van der Waals surface area contributed by atoms with Crippen LogP contribution in [0.5, 0.6) is 0 Å². The Hall–Kier alpha value is -0.0800. The highest BCUT2D eigenvalue weighted by Gasteiger charge is 2.49. The molecule has 1 spiro atoms. The fourth-order valence-corrected chi connectivity index (χ4v) is 3.89. The topological polar surface area (TPSA) is 15.3 Å². The zero-order valence-electron chi connectivity index (χ0n) is 11.6. The molecular formula is C15H28N2. The molecule has 2 saturated carbocycles. The van der Waals surface area contributed by atoms with Gasteiger partial charge in [-0.05, 0) is 44.9 Å². The van der Waals surface area contributed by atoms with Crippen molar-refractivity contribution in [3.63, 3.8) is 0 Å². The van der Waals surface area contributed by atoms with Crippen LogP contribution in [0.1, 0.15) is 58.8 Å². The molecule has 1 N–H and O–H groups in total. The second-order valence-corrected chi connectivity index (χ2v) is 7.34. The highest BCUT2D eigenvalue weighted by Crippen LogP contribution is 2.48. The van der Waals surface area contributed by atoms with Crippen LogP contribution in [0.15, 0.2) is 0 Å². The summed E-state index contributed by atoms with van der Waals surface area (Å²) >= 11 is 0. The third-order valence-corrected chi connectivity index (χ3v) is 5.31. The van der Waals surface area contributed by atoms with Crippen LogP contribution in [-0.2, 0) is 0 Å². The van der Waals surface area contributed by atoms with E-state index in [0.29, 0.717) is 11.0 Å². The Kier molecular flexibility index (Phi) is 2.99. The third kappa shape index (κ3) is 2.39. The Bertz CT molecular complexity index is 275. The minimum atomic E-state index is 0.355. The smallest absolute Gasteiger partial charge is 0.0280 e. The fraction of sp³-hybridized carbons (Fsp3) is 1.00. The molecule has 2 aliphatic carbocycles. The molecule has 0 aromatic heterocycles. The third-order valence-electron chi connectivity index (χ3n) is 5.31. The predicted octanol–water partition coefficient (Wildman–Crippen LogP) is 2.78. The van der Waals surface area contributed by atoms with Crippen molar-refractivity contribution in [2.75, 3.05) is 19.6 Å². The first-order valence-corrected chi connectivity index (χ1v) is 7.59. The van der Waals surface area contributed by atoms with Gasteiger partial charge in [0.05, 0.1) is 0 Å². The fourth-order valence-electron chi connectivity index (χ4n) is 3.89. The average molecular weight is 236 g/mol. The van der Waals surface area contributed by atoms with Crippen LogP contribution in [0.2, 0.25) is 0 Å². The van der Waals surface area contributed by atoms with Crippen LogP contribution >= 0.6 is 0 Å². The molecular weight excluding hydrogens is 208 g/mol. The molecule has 1 heterocycles. The van der Waals surface area contributed by atoms with Gasteiger partial charge in [0.1, 0.15) is 0 Å². The number of nitrogens with zero attached hydrogens (tertiary/aromatic N) is 1. The van der Waals surface area contributed by atoms with E-state index in [0.717, 1.165) is 6.04 Å². The van der Waals surface area contributed by atoms with Crippen molar-refractivity contribution in [1.29, 1.82) is 0 Å². The second kappa shape index (κ2) is 4.24. The molecule has 0 amide bonds. The van der Waals surface area contributed by atoms with Crippen molar-refractivity contribution in [2.24, 2.45) is 5.41 Å². The highest BCUT2D eigenvalue weighted by molar-refractivity contribution is 5.04. The quantitative estimate of drug-likeness (QED) is 0.753. The van der Waals surface area contributed by atoms with Crippen molar-refractivity contribution in [2.45, 2.75) is 70.4 Å². The summed E-state index contributed by atoms with van der Waals surface area (Å²) in [6, 6.07) is 0.871. The Morgan fingerprint density at radius 3 is 2.35 bits per heavy atom. The first-order chi connectivity index (χ1) is 8.11. The highest BCUT2D eigenvalue weighted by atomic mass is 15.3. The van der Waals surface area contributed by atoms with E-state index in [1.165, 1.54) is 64.6 Å². The molecule has 1 saturated heterocycles. The van der Waals surface area contributed by atoms with E-state index in [1.54, 1.807) is 0 Å². The van der Waals surface area contributed by atoms with Crippen LogP contribution in [0.4, 0.5) is 0 Å². The van der Waals surface area contributed by atoms with Gasteiger partial charge in [-0.2, -0.15) is 0 Å². The first-order valence-electron chi connectivity index (χ1n) is 7.59. The Balaban J connectivity index is 1.76. The van der Waals surface area contributed by atoms with Crippen LogP contribution < -0.4 is 5.32 Å². The molecule has 0 atom stereocenters. The predicted molar refractivity (Wildman–Crippen MR) is 72.2 cm³/mol. The maximum atomic E-state index is 3.72. The molecule has 98 valence electrons. The molecule has 3 rings (SSSR count). The van der Waals surface area contributed by atoms with E-state index in [1.807, 2.05) is 0 Å². The molecule has 0 radical (unpaired) electrons. The number of hydrogen-bond acceptors (Lipinski definition) is 2. The van der Waals surface area contributed by atoms with Crippen molar-refractivity contribution in [3.05, 3.63) is 0 Å². The minimum absolute atomic E-state index is 0.355. The zero-order chi connectivity index (χ0) is 11.9. The molecule has 1 aliphatic heterocycles. The maximum Gasteiger partial charge on any atom is 0.0280 e. The lowest BCUT2D eigenvalue weighted by molar-refractivity contribution is 0.0453. The second-order valence-electron chi connectivity index (χ2n) is 7.34. The van der Waals surface area contributed by atoms with Gasteiger partial charge in [-0.25, -0.2) is 0 Å². The number of nitrogens with one attached hydrogen (secondary N) is 1. The van der Waals surface area contributed by atoms with Gasteiger partial charge in [0.25, 0.3) is 0 Å². The van der Waals surface area contributed by atoms with Crippen LogP contribution in [-0.4, -0.2) is 36.1 Å². The summed E-state index contributed by atoms with van der Waals surface area (Å²) in [4.78, 5) is 2.87. The lowest BCUT2D eigenvalue weighted by atomic mass is 9.89. The monoisotopic (exact) mass is 236 g/mol. The minimum Gasteiger partial charge on any atom is -0.314 e. The van der Waals surface area contributed by atoms with E-state index >= 15 is 0 Å². The van der Waals surface area contributed by atoms with Crippen LogP contribution in [0.3, 0.4) is 0 Å². The largest absolute Gasteiger partial charge is 0.314 e. The van der Waals surface area contributed by atoms with E-state index in [4.69, 9.17) is 0 Å². The molecule has 0 aromatic rings. The van der Waals surface area contributed by atoms with Gasteiger partial charge in [0, 0.05) is 31.2 Å². The molecule has 3 aliphatic rings. The van der Waals surface area contributed by atoms with Crippen molar-refractivity contribution in [1.82, 2.24) is 10.2 Å². The van der Waals surface area contributed by atoms with Gasteiger partial charge in [0.15, 0.2) is 0 Å². The summed E-state index contributed by atoms with van der Waals surface area (Å²) in [6.45, 7) is 8.68. The summed E-state index contributed by atoms with van der Waals surface area (Å²) in [7, 11) is 0. The van der Waals surface area contributed by atoms with Crippen molar-refractivity contribution in [3.8, 4) is 0 Å². The Morgan fingerprint density at radius 2 is 1.71 bits per heavy atom. The van der Waals surface area contributed by atoms with E-state index in [-0.39, 0.29) is 0 Å². The summed E-state index contributed by atoms with van der Waals surface area (Å²) in [5, 5.41) is 3.72. The number of hydrogen-bond donors (Lipinski definition) is 1. The Labute approximate surface area is 106 Å². The first kappa shape index (κ1) is 12.0. The van der Waals surface area contributed by atoms with Crippen molar-refractivity contribution < 1.29 is 0 Å². The normalized spacial score (nSPS) is 33.5. The maximum absolute atomic E-state index is 3.72. The van der Waals surface area contributed by atoms with E-state index < -0.39 is 0 Å². The lowest BCUT2D eigenvalue weighted by Gasteiger charge is -2.45. The van der Waals surface area contributed by atoms with Gasteiger partial charge in [-0.15, -0.1) is 0 Å². The van der Waals surface area contributed by atoms with Crippen LogP contribution in [0, 0.1) is 5.41 Å². The molecule has 0 aromatic carbocycles. The number of rotatable bonds is 1. The van der Waals surface area contributed by atoms with Crippen molar-refractivity contribution >= 4 is 0 Å². The molecule has 17 heavy (non-hydrogen) atoms. The molecule has 0 bridgehead atoms. The SMILES string of the molecule is CC1(C)CNCC2(CC2)CN1C1CCCCC1. The van der Waals surface area contributed by atoms with Gasteiger partial charge in [-0.1, -0.05) is 19.3 Å². The molecule has 3 fully saturated rings. The van der Waals surface area contributed by atoms with E-state index in [2.05, 4.69) is 24.1 Å². The zero-order valence-corrected chi connectivity index (χ0v) is 11.6.